The third-order valence-corrected chi connectivity index (χ3v) is 2.73. The molecule has 1 atom stereocenters. The quantitative estimate of drug-likeness (QED) is 0.851. The maximum atomic E-state index is 13.5. The number of halogens is 2. The molecule has 0 aliphatic rings. The number of carbonyl (C=O) groups excluding carboxylic acids is 1. The summed E-state index contributed by atoms with van der Waals surface area (Å²) < 4.78 is 18.2. The van der Waals surface area contributed by atoms with E-state index in [1.807, 2.05) is 0 Å². The highest BCUT2D eigenvalue weighted by atomic mass is 35.5. The molecule has 0 radical (unpaired) electrons. The predicted octanol–water partition coefficient (Wildman–Crippen LogP) is 2.45. The molecule has 5 heteroatoms. The van der Waals surface area contributed by atoms with Gasteiger partial charge in [0.25, 0.3) is 0 Å². The Labute approximate surface area is 107 Å². The number of hydrogen-bond acceptors (Lipinski definition) is 3. The summed E-state index contributed by atoms with van der Waals surface area (Å²) in [5.41, 5.74) is 5.27. The minimum Gasteiger partial charge on any atom is -0.469 e. The molecule has 17 heavy (non-hydrogen) atoms. The van der Waals surface area contributed by atoms with Gasteiger partial charge in [-0.2, -0.15) is 0 Å². The Morgan fingerprint density at radius 2 is 1.94 bits per heavy atom. The fraction of sp³-hybridized carbons (Fsp3) is 0.417. The van der Waals surface area contributed by atoms with Crippen LogP contribution in [0.4, 0.5) is 4.39 Å². The van der Waals surface area contributed by atoms with Gasteiger partial charge in [0.2, 0.25) is 0 Å². The molecule has 0 unspecified atom stereocenters. The number of benzene rings is 1. The molecule has 0 amide bonds. The van der Waals surface area contributed by atoms with Crippen molar-refractivity contribution in [1.29, 1.82) is 0 Å². The Hall–Kier alpha value is -1.13. The molecule has 0 aliphatic carbocycles. The van der Waals surface area contributed by atoms with Gasteiger partial charge in [-0.3, -0.25) is 4.79 Å². The van der Waals surface area contributed by atoms with Gasteiger partial charge in [0.05, 0.1) is 12.5 Å². The van der Waals surface area contributed by atoms with E-state index < -0.39 is 23.2 Å². The number of carbonyl (C=O) groups is 1. The van der Waals surface area contributed by atoms with E-state index in [9.17, 15) is 9.18 Å². The van der Waals surface area contributed by atoms with E-state index >= 15 is 0 Å². The minimum atomic E-state index is -0.961. The molecular weight excluding hydrogens is 245 g/mol. The number of hydrogen-bond donors (Lipinski definition) is 1. The van der Waals surface area contributed by atoms with Crippen molar-refractivity contribution in [3.8, 4) is 0 Å². The molecule has 1 rings (SSSR count). The van der Waals surface area contributed by atoms with Crippen molar-refractivity contribution in [2.24, 2.45) is 11.1 Å². The van der Waals surface area contributed by atoms with Crippen molar-refractivity contribution < 1.29 is 13.9 Å². The Bertz CT molecular complexity index is 396. The van der Waals surface area contributed by atoms with Gasteiger partial charge in [-0.15, -0.1) is 12.4 Å². The topological polar surface area (TPSA) is 52.3 Å². The van der Waals surface area contributed by atoms with Crippen molar-refractivity contribution in [2.45, 2.75) is 19.9 Å². The van der Waals surface area contributed by atoms with Crippen LogP contribution in [0.15, 0.2) is 24.3 Å². The Kier molecular flexibility index (Phi) is 5.58. The van der Waals surface area contributed by atoms with Gasteiger partial charge < -0.3 is 10.5 Å². The second-order valence-corrected chi connectivity index (χ2v) is 4.21. The van der Waals surface area contributed by atoms with Crippen molar-refractivity contribution >= 4 is 18.4 Å². The molecule has 0 aromatic heterocycles. The zero-order chi connectivity index (χ0) is 12.3. The lowest BCUT2D eigenvalue weighted by atomic mass is 9.81. The fourth-order valence-corrected chi connectivity index (χ4v) is 1.51. The second-order valence-electron chi connectivity index (χ2n) is 4.21. The minimum absolute atomic E-state index is 0. The summed E-state index contributed by atoms with van der Waals surface area (Å²) in [5, 5.41) is 0. The van der Waals surface area contributed by atoms with Crippen molar-refractivity contribution in [1.82, 2.24) is 0 Å². The first kappa shape index (κ1) is 15.9. The third kappa shape index (κ3) is 3.17. The molecule has 96 valence electrons. The molecule has 0 saturated carbocycles. The first-order valence-electron chi connectivity index (χ1n) is 4.99. The number of rotatable bonds is 3. The smallest absolute Gasteiger partial charge is 0.313 e. The summed E-state index contributed by atoms with van der Waals surface area (Å²) in [7, 11) is 1.29. The van der Waals surface area contributed by atoms with E-state index in [2.05, 4.69) is 4.74 Å². The van der Waals surface area contributed by atoms with Crippen LogP contribution in [0, 0.1) is 11.2 Å². The first-order valence-corrected chi connectivity index (χ1v) is 4.99. The molecular formula is C12H17ClFNO2. The van der Waals surface area contributed by atoms with Crippen molar-refractivity contribution in [2.75, 3.05) is 7.11 Å². The standard InChI is InChI=1S/C12H16FNO2.ClH/c1-12(2,11(15)16-3)10(14)8-6-4-5-7-9(8)13;/h4-7,10H,14H2,1-3H3;1H/t10-;/m0./s1. The lowest BCUT2D eigenvalue weighted by molar-refractivity contribution is -0.152. The molecule has 2 N–H and O–H groups in total. The van der Waals surface area contributed by atoms with Crippen LogP contribution >= 0.6 is 12.4 Å². The van der Waals surface area contributed by atoms with Crippen LogP contribution in [0.25, 0.3) is 0 Å². The molecule has 1 aromatic carbocycles. The summed E-state index contributed by atoms with van der Waals surface area (Å²) >= 11 is 0. The highest BCUT2D eigenvalue weighted by Crippen LogP contribution is 2.33. The van der Waals surface area contributed by atoms with E-state index in [4.69, 9.17) is 5.73 Å². The van der Waals surface area contributed by atoms with Crippen LogP contribution in [0.1, 0.15) is 25.5 Å². The van der Waals surface area contributed by atoms with Gasteiger partial charge >= 0.3 is 5.97 Å². The lowest BCUT2D eigenvalue weighted by Gasteiger charge is -2.29. The lowest BCUT2D eigenvalue weighted by Crippen LogP contribution is -2.37. The van der Waals surface area contributed by atoms with E-state index in [0.717, 1.165) is 0 Å². The maximum Gasteiger partial charge on any atom is 0.313 e. The summed E-state index contributed by atoms with van der Waals surface area (Å²) in [6.07, 6.45) is 0. The summed E-state index contributed by atoms with van der Waals surface area (Å²) in [6, 6.07) is 5.43. The molecule has 0 saturated heterocycles. The third-order valence-electron chi connectivity index (χ3n) is 2.73. The molecule has 0 fully saturated rings. The Morgan fingerprint density at radius 1 is 1.41 bits per heavy atom. The van der Waals surface area contributed by atoms with E-state index in [-0.39, 0.29) is 12.4 Å². The Balaban J connectivity index is 0.00000256. The number of nitrogens with two attached hydrogens (primary N) is 1. The van der Waals surface area contributed by atoms with Gasteiger partial charge in [-0.05, 0) is 19.9 Å². The number of esters is 1. The highest BCUT2D eigenvalue weighted by Gasteiger charge is 2.37. The van der Waals surface area contributed by atoms with Crippen LogP contribution in [-0.2, 0) is 9.53 Å². The molecule has 0 spiro atoms. The zero-order valence-electron chi connectivity index (χ0n) is 10.1. The van der Waals surface area contributed by atoms with Crippen LogP contribution in [0.2, 0.25) is 0 Å². The van der Waals surface area contributed by atoms with Gasteiger partial charge in [0.15, 0.2) is 0 Å². The van der Waals surface area contributed by atoms with Crippen LogP contribution < -0.4 is 5.73 Å². The van der Waals surface area contributed by atoms with E-state index in [1.54, 1.807) is 32.0 Å². The van der Waals surface area contributed by atoms with Gasteiger partial charge in [0.1, 0.15) is 5.82 Å². The highest BCUT2D eigenvalue weighted by molar-refractivity contribution is 5.85. The average Bonchev–Trinajstić information content (AvgIpc) is 2.27. The monoisotopic (exact) mass is 261 g/mol. The van der Waals surface area contributed by atoms with E-state index in [1.165, 1.54) is 13.2 Å². The van der Waals surface area contributed by atoms with Gasteiger partial charge in [-0.25, -0.2) is 4.39 Å². The van der Waals surface area contributed by atoms with Crippen molar-refractivity contribution in [3.05, 3.63) is 35.6 Å². The van der Waals surface area contributed by atoms with Gasteiger partial charge in [-0.1, -0.05) is 18.2 Å². The predicted molar refractivity (Wildman–Crippen MR) is 66.4 cm³/mol. The second kappa shape index (κ2) is 5.98. The number of methoxy groups -OCH3 is 1. The van der Waals surface area contributed by atoms with Gasteiger partial charge in [0, 0.05) is 11.6 Å². The van der Waals surface area contributed by atoms with Crippen LogP contribution in [0.5, 0.6) is 0 Å². The SMILES string of the molecule is COC(=O)C(C)(C)[C@@H](N)c1ccccc1F.Cl. The summed E-state index contributed by atoms with van der Waals surface area (Å²) in [5.74, 6) is -0.866. The average molecular weight is 262 g/mol. The molecule has 0 bridgehead atoms. The van der Waals surface area contributed by atoms with E-state index in [0.29, 0.717) is 5.56 Å². The number of ether oxygens (including phenoxy) is 1. The molecule has 1 aromatic rings. The molecule has 3 nitrogen and oxygen atoms in total. The zero-order valence-corrected chi connectivity index (χ0v) is 10.9. The summed E-state index contributed by atoms with van der Waals surface area (Å²) in [4.78, 5) is 11.5. The first-order chi connectivity index (χ1) is 7.41. The normalized spacial score (nSPS) is 12.5. The maximum absolute atomic E-state index is 13.5. The largest absolute Gasteiger partial charge is 0.469 e. The van der Waals surface area contributed by atoms with Crippen molar-refractivity contribution in [3.63, 3.8) is 0 Å². The Morgan fingerprint density at radius 3 is 2.41 bits per heavy atom. The van der Waals surface area contributed by atoms with Crippen LogP contribution in [0.3, 0.4) is 0 Å². The van der Waals surface area contributed by atoms with Crippen LogP contribution in [-0.4, -0.2) is 13.1 Å². The molecule has 0 heterocycles. The molecule has 0 aliphatic heterocycles. The summed E-state index contributed by atoms with van der Waals surface area (Å²) in [6.45, 7) is 3.27. The fourth-order valence-electron chi connectivity index (χ4n) is 1.51.